The third-order valence-electron chi connectivity index (χ3n) is 8.11. The van der Waals surface area contributed by atoms with Gasteiger partial charge in [0, 0.05) is 18.5 Å². The molecule has 0 amide bonds. The maximum Gasteiger partial charge on any atom is 0.0277 e. The zero-order chi connectivity index (χ0) is 27.6. The highest BCUT2D eigenvalue weighted by molar-refractivity contribution is 5.70. The third-order valence-corrected chi connectivity index (χ3v) is 8.11. The minimum Gasteiger partial charge on any atom is -0.310 e. The van der Waals surface area contributed by atoms with Crippen LogP contribution in [0.1, 0.15) is 111 Å². The fourth-order valence-corrected chi connectivity index (χ4v) is 6.04. The van der Waals surface area contributed by atoms with Gasteiger partial charge in [-0.1, -0.05) is 105 Å². The second-order valence-electron chi connectivity index (χ2n) is 12.1. The summed E-state index contributed by atoms with van der Waals surface area (Å²) < 4.78 is 0. The lowest BCUT2D eigenvalue weighted by Gasteiger charge is -2.35. The van der Waals surface area contributed by atoms with Gasteiger partial charge >= 0.3 is 0 Å². The first-order valence-corrected chi connectivity index (χ1v) is 14.7. The first kappa shape index (κ1) is 31.1. The van der Waals surface area contributed by atoms with Crippen LogP contribution in [0, 0.1) is 18.3 Å². The molecule has 0 aliphatic heterocycles. The average molecular weight is 502 g/mol. The number of hydrogen-bond donors (Lipinski definition) is 1. The Hall–Kier alpha value is -2.12. The molecule has 0 saturated heterocycles. The van der Waals surface area contributed by atoms with E-state index in [0.29, 0.717) is 17.4 Å². The van der Waals surface area contributed by atoms with Crippen molar-refractivity contribution in [3.05, 3.63) is 88.1 Å². The van der Waals surface area contributed by atoms with Crippen LogP contribution < -0.4 is 5.32 Å². The predicted molar refractivity (Wildman–Crippen MR) is 167 cm³/mol. The van der Waals surface area contributed by atoms with E-state index in [0.717, 1.165) is 19.4 Å². The molecule has 0 saturated carbocycles. The Morgan fingerprint density at radius 3 is 2.32 bits per heavy atom. The summed E-state index contributed by atoms with van der Waals surface area (Å²) in [6.07, 6.45) is 17.6. The van der Waals surface area contributed by atoms with Gasteiger partial charge in [0.15, 0.2) is 0 Å². The Morgan fingerprint density at radius 1 is 1.08 bits per heavy atom. The maximum absolute atomic E-state index is 4.65. The summed E-state index contributed by atoms with van der Waals surface area (Å²) in [7, 11) is 0. The van der Waals surface area contributed by atoms with Crippen LogP contribution in [0.2, 0.25) is 0 Å². The highest BCUT2D eigenvalue weighted by Gasteiger charge is 2.27. The molecule has 1 aromatic rings. The summed E-state index contributed by atoms with van der Waals surface area (Å²) in [5, 5.41) is 3.95. The van der Waals surface area contributed by atoms with Gasteiger partial charge in [-0.2, -0.15) is 0 Å². The first-order chi connectivity index (χ1) is 17.5. The molecule has 1 aliphatic rings. The van der Waals surface area contributed by atoms with E-state index in [1.165, 1.54) is 76.7 Å². The average Bonchev–Trinajstić information content (AvgIpc) is 2.83. The van der Waals surface area contributed by atoms with E-state index in [-0.39, 0.29) is 0 Å². The van der Waals surface area contributed by atoms with E-state index >= 15 is 0 Å². The number of nitrogens with one attached hydrogen (secondary N) is 1. The Balaban J connectivity index is 2.20. The summed E-state index contributed by atoms with van der Waals surface area (Å²) in [5.74, 6) is 0.415. The Morgan fingerprint density at radius 2 is 1.76 bits per heavy atom. The molecule has 0 fully saturated rings. The highest BCUT2D eigenvalue weighted by Crippen LogP contribution is 2.36. The number of aryl methyl sites for hydroxylation is 1. The van der Waals surface area contributed by atoms with Gasteiger partial charge in [-0.05, 0) is 101 Å². The van der Waals surface area contributed by atoms with Gasteiger partial charge in [-0.25, -0.2) is 0 Å². The van der Waals surface area contributed by atoms with Crippen molar-refractivity contribution in [3.8, 4) is 0 Å². The fraction of sp³-hybridized carbons (Fsp3) is 0.556. The maximum atomic E-state index is 4.65. The summed E-state index contributed by atoms with van der Waals surface area (Å²) in [4.78, 5) is 0. The molecule has 1 nitrogen and oxygen atoms in total. The van der Waals surface area contributed by atoms with Crippen molar-refractivity contribution >= 4 is 5.57 Å². The SMILES string of the molecule is C=C(c1ccc(C)cc1C/C(C)=C/C(/C=C\C)=C(C)C)C1C=C(C)C(NCC(C)(CCC)CCC)CC1. The first-order valence-electron chi connectivity index (χ1n) is 14.7. The standard InChI is InChI=1S/C36H55N/c1-11-14-31(26(4)5)22-28(7)23-33-21-27(6)15-17-34(33)30(9)32-16-18-35(29(8)24-32)37-25-36(10,19-12-2)20-13-3/h11,14-15,17,21-22,24,32,35,37H,9,12-13,16,18-20,23,25H2,1-8,10H3/b14-11-,28-22+. The van der Waals surface area contributed by atoms with E-state index in [4.69, 9.17) is 0 Å². The van der Waals surface area contributed by atoms with Gasteiger partial charge in [0.05, 0.1) is 0 Å². The van der Waals surface area contributed by atoms with E-state index in [9.17, 15) is 0 Å². The highest BCUT2D eigenvalue weighted by atomic mass is 14.9. The second-order valence-corrected chi connectivity index (χ2v) is 12.1. The van der Waals surface area contributed by atoms with Crippen molar-refractivity contribution in [2.24, 2.45) is 11.3 Å². The Bertz CT molecular complexity index is 1020. The van der Waals surface area contributed by atoms with Crippen LogP contribution in [-0.2, 0) is 6.42 Å². The Kier molecular flexibility index (Phi) is 12.4. The minimum atomic E-state index is 0.407. The molecule has 0 radical (unpaired) electrons. The molecular formula is C36H55N. The molecule has 0 spiro atoms. The number of rotatable bonds is 13. The van der Waals surface area contributed by atoms with Crippen LogP contribution in [0.25, 0.3) is 5.57 Å². The van der Waals surface area contributed by atoms with Crippen LogP contribution in [0.5, 0.6) is 0 Å². The molecular weight excluding hydrogens is 446 g/mol. The van der Waals surface area contributed by atoms with E-state index in [2.05, 4.69) is 117 Å². The van der Waals surface area contributed by atoms with Gasteiger partial charge in [0.25, 0.3) is 0 Å². The van der Waals surface area contributed by atoms with E-state index < -0.39 is 0 Å². The van der Waals surface area contributed by atoms with Crippen molar-refractivity contribution in [2.45, 2.75) is 113 Å². The van der Waals surface area contributed by atoms with Crippen molar-refractivity contribution in [3.63, 3.8) is 0 Å². The molecule has 2 atom stereocenters. The molecule has 0 heterocycles. The molecule has 204 valence electrons. The molecule has 1 aromatic carbocycles. The largest absolute Gasteiger partial charge is 0.310 e. The zero-order valence-corrected chi connectivity index (χ0v) is 25.6. The van der Waals surface area contributed by atoms with Crippen molar-refractivity contribution in [1.82, 2.24) is 5.32 Å². The Labute approximate surface area is 229 Å². The minimum absolute atomic E-state index is 0.407. The van der Waals surface area contributed by atoms with Crippen molar-refractivity contribution < 1.29 is 0 Å². The molecule has 1 aliphatic carbocycles. The quantitative estimate of drug-likeness (QED) is 0.209. The lowest BCUT2D eigenvalue weighted by molar-refractivity contribution is 0.242. The fourth-order valence-electron chi connectivity index (χ4n) is 6.04. The molecule has 0 aromatic heterocycles. The summed E-state index contributed by atoms with van der Waals surface area (Å²) in [6, 6.07) is 7.41. The topological polar surface area (TPSA) is 12.0 Å². The van der Waals surface area contributed by atoms with E-state index in [1.54, 1.807) is 0 Å². The monoisotopic (exact) mass is 501 g/mol. The molecule has 0 bridgehead atoms. The van der Waals surface area contributed by atoms with E-state index in [1.807, 2.05) is 0 Å². The van der Waals surface area contributed by atoms with Gasteiger partial charge < -0.3 is 5.32 Å². The van der Waals surface area contributed by atoms with Gasteiger partial charge in [-0.3, -0.25) is 0 Å². The van der Waals surface area contributed by atoms with Crippen LogP contribution in [0.4, 0.5) is 0 Å². The van der Waals surface area contributed by atoms with Crippen LogP contribution in [0.15, 0.2) is 71.4 Å². The normalized spacial score (nSPS) is 18.7. The molecule has 1 heteroatoms. The van der Waals surface area contributed by atoms with Gasteiger partial charge in [0.2, 0.25) is 0 Å². The number of allylic oxidation sites excluding steroid dienone is 8. The van der Waals surface area contributed by atoms with Crippen LogP contribution in [0.3, 0.4) is 0 Å². The molecule has 1 N–H and O–H groups in total. The third kappa shape index (κ3) is 9.29. The van der Waals surface area contributed by atoms with Crippen molar-refractivity contribution in [2.75, 3.05) is 6.54 Å². The second kappa shape index (κ2) is 14.7. The lowest BCUT2D eigenvalue weighted by Crippen LogP contribution is -2.40. The number of hydrogen-bond acceptors (Lipinski definition) is 1. The smallest absolute Gasteiger partial charge is 0.0277 e. The number of benzene rings is 1. The molecule has 37 heavy (non-hydrogen) atoms. The molecule has 2 rings (SSSR count). The zero-order valence-electron chi connectivity index (χ0n) is 25.6. The summed E-state index contributed by atoms with van der Waals surface area (Å²) >= 11 is 0. The van der Waals surface area contributed by atoms with Crippen LogP contribution >= 0.6 is 0 Å². The van der Waals surface area contributed by atoms with Crippen LogP contribution in [-0.4, -0.2) is 12.6 Å². The van der Waals surface area contributed by atoms with Crippen molar-refractivity contribution in [1.29, 1.82) is 0 Å². The van der Waals surface area contributed by atoms with Gasteiger partial charge in [0.1, 0.15) is 0 Å². The molecule has 2 unspecified atom stereocenters. The van der Waals surface area contributed by atoms with Gasteiger partial charge in [-0.15, -0.1) is 0 Å². The summed E-state index contributed by atoms with van der Waals surface area (Å²) in [5.41, 5.74) is 11.3. The predicted octanol–water partition coefficient (Wildman–Crippen LogP) is 10.3. The lowest BCUT2D eigenvalue weighted by atomic mass is 9.78. The summed E-state index contributed by atoms with van der Waals surface area (Å²) in [6.45, 7) is 26.1.